The van der Waals surface area contributed by atoms with Crippen LogP contribution in [0.3, 0.4) is 0 Å². The molecule has 0 aliphatic heterocycles. The Kier molecular flexibility index (Phi) is 4.28. The topological polar surface area (TPSA) is 37.8 Å². The van der Waals surface area contributed by atoms with E-state index in [4.69, 9.17) is 0 Å². The third-order valence-corrected chi connectivity index (χ3v) is 3.65. The molecule has 0 bridgehead atoms. The van der Waals surface area contributed by atoms with Crippen LogP contribution in [0, 0.1) is 5.92 Å². The van der Waals surface area contributed by atoms with Gasteiger partial charge in [-0.25, -0.2) is 0 Å². The normalized spacial score (nSPS) is 20.3. The fraction of sp³-hybridized carbons (Fsp3) is 0.692. The number of aromatic nitrogens is 2. The zero-order chi connectivity index (χ0) is 11.2. The number of nitrogens with zero attached hydrogens (tertiary/aromatic N) is 2. The van der Waals surface area contributed by atoms with Crippen molar-refractivity contribution in [3.8, 4) is 0 Å². The minimum Gasteiger partial charge on any atom is -0.313 e. The second-order valence-corrected chi connectivity index (χ2v) is 4.69. The van der Waals surface area contributed by atoms with Gasteiger partial charge in [0.05, 0.1) is 6.20 Å². The average Bonchev–Trinajstić information content (AvgIpc) is 2.61. The van der Waals surface area contributed by atoms with Gasteiger partial charge in [-0.1, -0.05) is 25.7 Å². The van der Waals surface area contributed by atoms with Crippen LogP contribution in [-0.4, -0.2) is 17.2 Å². The molecule has 88 valence electrons. The molecule has 1 aromatic rings. The molecule has 0 spiro atoms. The van der Waals surface area contributed by atoms with Crippen molar-refractivity contribution < 1.29 is 0 Å². The van der Waals surface area contributed by atoms with Crippen molar-refractivity contribution in [1.29, 1.82) is 0 Å². The van der Waals surface area contributed by atoms with E-state index in [1.54, 1.807) is 6.20 Å². The zero-order valence-electron chi connectivity index (χ0n) is 10.0. The third kappa shape index (κ3) is 2.79. The van der Waals surface area contributed by atoms with Gasteiger partial charge in [0.25, 0.3) is 0 Å². The summed E-state index contributed by atoms with van der Waals surface area (Å²) in [5, 5.41) is 11.3. The second-order valence-electron chi connectivity index (χ2n) is 4.69. The van der Waals surface area contributed by atoms with Gasteiger partial charge in [0, 0.05) is 12.2 Å². The Balaban J connectivity index is 2.09. The molecule has 1 aromatic heterocycles. The van der Waals surface area contributed by atoms with Gasteiger partial charge >= 0.3 is 0 Å². The molecule has 3 heteroatoms. The van der Waals surface area contributed by atoms with Crippen molar-refractivity contribution in [2.45, 2.75) is 44.6 Å². The molecule has 2 rings (SSSR count). The van der Waals surface area contributed by atoms with Crippen LogP contribution in [0.2, 0.25) is 0 Å². The van der Waals surface area contributed by atoms with Crippen LogP contribution in [-0.2, 0) is 0 Å². The van der Waals surface area contributed by atoms with Gasteiger partial charge < -0.3 is 5.32 Å². The summed E-state index contributed by atoms with van der Waals surface area (Å²) in [7, 11) is 2.05. The van der Waals surface area contributed by atoms with Crippen molar-refractivity contribution in [2.24, 2.45) is 5.92 Å². The summed E-state index contributed by atoms with van der Waals surface area (Å²) >= 11 is 0. The lowest BCUT2D eigenvalue weighted by Gasteiger charge is -2.25. The van der Waals surface area contributed by atoms with Crippen LogP contribution < -0.4 is 5.32 Å². The molecule has 0 radical (unpaired) electrons. The highest BCUT2D eigenvalue weighted by molar-refractivity contribution is 5.12. The highest BCUT2D eigenvalue weighted by Gasteiger charge is 2.22. The highest BCUT2D eigenvalue weighted by atomic mass is 15.1. The van der Waals surface area contributed by atoms with E-state index in [1.807, 2.05) is 6.20 Å². The maximum Gasteiger partial charge on any atom is 0.0544 e. The summed E-state index contributed by atoms with van der Waals surface area (Å²) in [4.78, 5) is 0. The molecule has 3 nitrogen and oxygen atoms in total. The lowest BCUT2D eigenvalue weighted by Crippen LogP contribution is -2.25. The van der Waals surface area contributed by atoms with Crippen molar-refractivity contribution >= 4 is 0 Å². The molecule has 1 heterocycles. The van der Waals surface area contributed by atoms with E-state index in [0.29, 0.717) is 6.04 Å². The van der Waals surface area contributed by atoms with E-state index in [-0.39, 0.29) is 0 Å². The Bertz CT molecular complexity index is 291. The Labute approximate surface area is 97.7 Å². The predicted octanol–water partition coefficient (Wildman–Crippen LogP) is 2.71. The standard InChI is InChI=1S/C13H21N3/c1-14-13(12-8-9-15-16-10-12)11-6-4-2-3-5-7-11/h8-11,13-14H,2-7H2,1H3. The second kappa shape index (κ2) is 5.94. The lowest BCUT2D eigenvalue weighted by atomic mass is 9.88. The van der Waals surface area contributed by atoms with E-state index in [2.05, 4.69) is 28.6 Å². The van der Waals surface area contributed by atoms with Gasteiger partial charge in [0.15, 0.2) is 0 Å². The molecule has 0 amide bonds. The quantitative estimate of drug-likeness (QED) is 0.794. The summed E-state index contributed by atoms with van der Waals surface area (Å²) in [6, 6.07) is 2.53. The SMILES string of the molecule is CNC(c1ccnnc1)C1CCCCCC1. The largest absolute Gasteiger partial charge is 0.313 e. The maximum atomic E-state index is 3.98. The summed E-state index contributed by atoms with van der Waals surface area (Å²) in [5.74, 6) is 0.761. The Morgan fingerprint density at radius 2 is 1.94 bits per heavy atom. The molecule has 0 aromatic carbocycles. The molecule has 1 unspecified atom stereocenters. The van der Waals surface area contributed by atoms with Crippen molar-refractivity contribution in [2.75, 3.05) is 7.05 Å². The number of nitrogens with one attached hydrogen (secondary N) is 1. The first-order valence-corrected chi connectivity index (χ1v) is 6.35. The molecule has 1 aliphatic carbocycles. The summed E-state index contributed by atoms with van der Waals surface area (Å²) in [5.41, 5.74) is 1.28. The average molecular weight is 219 g/mol. The van der Waals surface area contributed by atoms with E-state index in [9.17, 15) is 0 Å². The molecule has 1 N–H and O–H groups in total. The summed E-state index contributed by atoms with van der Waals surface area (Å²) < 4.78 is 0. The van der Waals surface area contributed by atoms with Gasteiger partial charge in [0.1, 0.15) is 0 Å². The number of hydrogen-bond donors (Lipinski definition) is 1. The van der Waals surface area contributed by atoms with E-state index >= 15 is 0 Å². The Morgan fingerprint density at radius 3 is 2.50 bits per heavy atom. The smallest absolute Gasteiger partial charge is 0.0544 e. The highest BCUT2D eigenvalue weighted by Crippen LogP contribution is 2.32. The maximum absolute atomic E-state index is 3.98. The minimum atomic E-state index is 0.452. The minimum absolute atomic E-state index is 0.452. The van der Waals surface area contributed by atoms with Crippen molar-refractivity contribution in [3.63, 3.8) is 0 Å². The van der Waals surface area contributed by atoms with E-state index in [0.717, 1.165) is 5.92 Å². The molecule has 1 atom stereocenters. The monoisotopic (exact) mass is 219 g/mol. The van der Waals surface area contributed by atoms with Crippen LogP contribution in [0.1, 0.15) is 50.1 Å². The predicted molar refractivity (Wildman–Crippen MR) is 65.0 cm³/mol. The van der Waals surface area contributed by atoms with Crippen LogP contribution in [0.5, 0.6) is 0 Å². The fourth-order valence-electron chi connectivity index (χ4n) is 2.80. The fourth-order valence-corrected chi connectivity index (χ4v) is 2.80. The molecule has 1 fully saturated rings. The van der Waals surface area contributed by atoms with E-state index in [1.165, 1.54) is 44.1 Å². The molecular formula is C13H21N3. The van der Waals surface area contributed by atoms with E-state index < -0.39 is 0 Å². The number of hydrogen-bond acceptors (Lipinski definition) is 3. The van der Waals surface area contributed by atoms with Crippen molar-refractivity contribution in [3.05, 3.63) is 24.0 Å². The third-order valence-electron chi connectivity index (χ3n) is 3.65. The van der Waals surface area contributed by atoms with Crippen molar-refractivity contribution in [1.82, 2.24) is 15.5 Å². The van der Waals surface area contributed by atoms with Gasteiger partial charge in [0.2, 0.25) is 0 Å². The Morgan fingerprint density at radius 1 is 1.19 bits per heavy atom. The molecule has 1 aliphatic rings. The molecular weight excluding hydrogens is 198 g/mol. The first-order chi connectivity index (χ1) is 7.92. The van der Waals surface area contributed by atoms with Crippen LogP contribution in [0.25, 0.3) is 0 Å². The van der Waals surface area contributed by atoms with Crippen LogP contribution in [0.15, 0.2) is 18.5 Å². The summed E-state index contributed by atoms with van der Waals surface area (Å²) in [6.07, 6.45) is 11.9. The van der Waals surface area contributed by atoms with Gasteiger partial charge in [-0.15, -0.1) is 0 Å². The summed E-state index contributed by atoms with van der Waals surface area (Å²) in [6.45, 7) is 0. The van der Waals surface area contributed by atoms with Gasteiger partial charge in [-0.05, 0) is 37.4 Å². The first-order valence-electron chi connectivity index (χ1n) is 6.35. The Hall–Kier alpha value is -0.960. The van der Waals surface area contributed by atoms with Gasteiger partial charge in [-0.2, -0.15) is 10.2 Å². The van der Waals surface area contributed by atoms with Crippen LogP contribution in [0.4, 0.5) is 0 Å². The number of rotatable bonds is 3. The molecule has 0 saturated heterocycles. The van der Waals surface area contributed by atoms with Gasteiger partial charge in [-0.3, -0.25) is 0 Å². The molecule has 1 saturated carbocycles. The molecule has 16 heavy (non-hydrogen) atoms. The zero-order valence-corrected chi connectivity index (χ0v) is 10.0. The lowest BCUT2D eigenvalue weighted by molar-refractivity contribution is 0.340. The first kappa shape index (κ1) is 11.5. The van der Waals surface area contributed by atoms with Crippen LogP contribution >= 0.6 is 0 Å².